The number of alkyl halides is 6. The van der Waals surface area contributed by atoms with Crippen molar-refractivity contribution in [2.75, 3.05) is 38.1 Å². The average molecular weight is 643 g/mol. The predicted octanol–water partition coefficient (Wildman–Crippen LogP) is 5.62. The molecule has 11 nitrogen and oxygen atoms in total. The molecule has 0 saturated heterocycles. The molecule has 0 atom stereocenters. The average Bonchev–Trinajstić information content (AvgIpc) is 2.80. The lowest BCUT2D eigenvalue weighted by atomic mass is 10.2. The summed E-state index contributed by atoms with van der Waals surface area (Å²) in [4.78, 5) is 26.2. The van der Waals surface area contributed by atoms with Gasteiger partial charge in [0.1, 0.15) is 13.2 Å². The molecule has 0 aromatic heterocycles. The van der Waals surface area contributed by atoms with E-state index in [-0.39, 0.29) is 0 Å². The van der Waals surface area contributed by atoms with Gasteiger partial charge in [-0.05, 0) is 43.9 Å². The third kappa shape index (κ3) is 12.8. The van der Waals surface area contributed by atoms with Gasteiger partial charge in [0.2, 0.25) is 6.08 Å². The van der Waals surface area contributed by atoms with E-state index in [1.54, 1.807) is 18.2 Å². The number of amides is 1. The van der Waals surface area contributed by atoms with E-state index >= 15 is 0 Å². The van der Waals surface area contributed by atoms with Crippen LogP contribution in [-0.2, 0) is 29.6 Å². The first-order valence-corrected chi connectivity index (χ1v) is 14.9. The van der Waals surface area contributed by atoms with Crippen molar-refractivity contribution in [3.63, 3.8) is 0 Å². The van der Waals surface area contributed by atoms with Gasteiger partial charge < -0.3 is 13.3 Å². The zero-order valence-electron chi connectivity index (χ0n) is 22.7. The first kappa shape index (κ1) is 38.3. The number of hydrogen-bond acceptors (Lipinski definition) is 8. The van der Waals surface area contributed by atoms with Crippen LogP contribution < -0.4 is 5.32 Å². The second kappa shape index (κ2) is 16.1. The summed E-state index contributed by atoms with van der Waals surface area (Å²) >= 11 is 0. The molecule has 41 heavy (non-hydrogen) atoms. The van der Waals surface area contributed by atoms with Gasteiger partial charge in [-0.15, -0.1) is 0 Å². The van der Waals surface area contributed by atoms with Crippen LogP contribution in [0.5, 0.6) is 0 Å². The van der Waals surface area contributed by atoms with Crippen LogP contribution in [0.25, 0.3) is 4.13 Å². The van der Waals surface area contributed by atoms with Crippen molar-refractivity contribution in [2.24, 2.45) is 4.99 Å². The van der Waals surface area contributed by atoms with Gasteiger partial charge in [0.05, 0.1) is 25.3 Å². The zero-order chi connectivity index (χ0) is 32.1. The molecule has 0 aliphatic rings. The number of isocyanates is 1. The Morgan fingerprint density at radius 3 is 1.78 bits per heavy atom. The lowest BCUT2D eigenvalue weighted by Crippen LogP contribution is -2.51. The maximum absolute atomic E-state index is 12.1. The number of carbonyl (C=O) groups excluding carboxylic acids is 2. The molecule has 0 aliphatic heterocycles. The number of anilines is 1. The number of aliphatic imine (C=N–C) groups is 1. The topological polar surface area (TPSA) is 150 Å². The largest absolute Gasteiger partial charge is 0.480 e. The Morgan fingerprint density at radius 2 is 1.39 bits per heavy atom. The van der Waals surface area contributed by atoms with E-state index in [4.69, 9.17) is 4.74 Å². The Hall–Kier alpha value is -2.73. The Bertz CT molecular complexity index is 1200. The summed E-state index contributed by atoms with van der Waals surface area (Å²) in [7, 11) is -13.4. The molecule has 1 aromatic carbocycles. The maximum Gasteiger partial charge on any atom is 0.480 e. The highest BCUT2D eigenvalue weighted by Crippen LogP contribution is 2.36. The molecule has 0 heterocycles. The van der Waals surface area contributed by atoms with Crippen molar-refractivity contribution in [1.29, 1.82) is 0 Å². The molecular formula is C22H32F6N4O7S2. The summed E-state index contributed by atoms with van der Waals surface area (Å²) < 4.78 is 116. The third-order valence-corrected chi connectivity index (χ3v) is 8.04. The number of aryl methyl sites for hydroxylation is 1. The van der Waals surface area contributed by atoms with Crippen LogP contribution in [0, 0.1) is 6.92 Å². The van der Waals surface area contributed by atoms with Gasteiger partial charge in [0.25, 0.3) is 0 Å². The van der Waals surface area contributed by atoms with E-state index in [2.05, 4.69) is 31.1 Å². The Labute approximate surface area is 234 Å². The fraction of sp³-hybridized carbons (Fsp3) is 0.636. The zero-order valence-corrected chi connectivity index (χ0v) is 24.3. The smallest absolute Gasteiger partial charge is 0.443 e. The van der Waals surface area contributed by atoms with E-state index in [9.17, 15) is 52.8 Å². The Kier molecular flexibility index (Phi) is 15.0. The lowest BCUT2D eigenvalue weighted by molar-refractivity contribution is -0.928. The molecule has 0 aliphatic carbocycles. The fourth-order valence-electron chi connectivity index (χ4n) is 3.65. The molecule has 0 bridgehead atoms. The van der Waals surface area contributed by atoms with Crippen LogP contribution in [-0.4, -0.2) is 77.3 Å². The van der Waals surface area contributed by atoms with Gasteiger partial charge in [0, 0.05) is 5.69 Å². The van der Waals surface area contributed by atoms with E-state index in [0.29, 0.717) is 18.0 Å². The lowest BCUT2D eigenvalue weighted by Gasteiger charge is -2.38. The van der Waals surface area contributed by atoms with Crippen molar-refractivity contribution >= 4 is 43.6 Å². The van der Waals surface area contributed by atoms with E-state index in [1.165, 1.54) is 6.08 Å². The fourth-order valence-corrected chi connectivity index (χ4v) is 5.36. The van der Waals surface area contributed by atoms with Crippen LogP contribution in [0.15, 0.2) is 23.2 Å². The van der Waals surface area contributed by atoms with Crippen molar-refractivity contribution < 1.29 is 62.0 Å². The Balaban J connectivity index is 0.000000909. The number of ether oxygens (including phenoxy) is 1. The van der Waals surface area contributed by atoms with Crippen LogP contribution >= 0.6 is 0 Å². The quantitative estimate of drug-likeness (QED) is 0.127. The molecule has 0 fully saturated rings. The maximum atomic E-state index is 12.1. The predicted molar refractivity (Wildman–Crippen MR) is 138 cm³/mol. The summed E-state index contributed by atoms with van der Waals surface area (Å²) in [6.45, 7) is 13.0. The monoisotopic (exact) mass is 642 g/mol. The normalized spacial score (nSPS) is 12.5. The summed E-state index contributed by atoms with van der Waals surface area (Å²) in [6, 6.07) is 5.18. The number of sulfonamides is 2. The second-order valence-electron chi connectivity index (χ2n) is 8.62. The van der Waals surface area contributed by atoms with Gasteiger partial charge in [-0.2, -0.15) is 31.3 Å². The number of rotatable bonds is 13. The SMILES string of the molecule is CCC[N+](CCC)(CCC)CCOC(=O)Nc1ccc(C)c(N=C=O)c1.O=S(=O)([N-]S(=O)(=O)C(F)(F)F)C(F)(F)F. The molecule has 1 aromatic rings. The Morgan fingerprint density at radius 1 is 0.927 bits per heavy atom. The molecule has 0 radical (unpaired) electrons. The standard InChI is InChI=1S/C20H31N3O3.C2F6NO4S2/c1-5-10-23(11-6-2,12-7-3)13-14-26-20(25)22-18-9-8-17(4)19(15-18)21-16-24;3-1(4,5)14(10,11)9-15(12,13)2(6,7)8/h8-9,15H,5-7,10-14H2,1-4H3;/q;-1/p+1. The summed E-state index contributed by atoms with van der Waals surface area (Å²) in [6.07, 6.45) is 4.39. The first-order valence-electron chi connectivity index (χ1n) is 12.0. The molecule has 1 rings (SSSR count). The van der Waals surface area contributed by atoms with Gasteiger partial charge in [-0.1, -0.05) is 26.8 Å². The number of quaternary nitrogens is 1. The van der Waals surface area contributed by atoms with Crippen LogP contribution in [0.2, 0.25) is 0 Å². The molecule has 19 heteroatoms. The highest BCUT2D eigenvalue weighted by molar-refractivity contribution is 8.13. The third-order valence-electron chi connectivity index (χ3n) is 5.30. The van der Waals surface area contributed by atoms with E-state index in [0.717, 1.165) is 59.6 Å². The van der Waals surface area contributed by atoms with Gasteiger partial charge in [0.15, 0.2) is 20.0 Å². The van der Waals surface area contributed by atoms with E-state index in [1.807, 2.05) is 6.92 Å². The molecule has 0 unspecified atom stereocenters. The van der Waals surface area contributed by atoms with E-state index < -0.39 is 37.2 Å². The minimum absolute atomic E-state index is 0.386. The van der Waals surface area contributed by atoms with Gasteiger partial charge in [-0.3, -0.25) is 5.32 Å². The van der Waals surface area contributed by atoms with Gasteiger partial charge in [-0.25, -0.2) is 26.4 Å². The van der Waals surface area contributed by atoms with Crippen molar-refractivity contribution in [1.82, 2.24) is 0 Å². The highest BCUT2D eigenvalue weighted by atomic mass is 32.3. The molecule has 0 spiro atoms. The molecule has 1 amide bonds. The summed E-state index contributed by atoms with van der Waals surface area (Å²) in [5, 5.41) is 2.69. The highest BCUT2D eigenvalue weighted by Gasteiger charge is 2.47. The molecule has 236 valence electrons. The number of nitrogens with zero attached hydrogens (tertiary/aromatic N) is 3. The molecule has 0 saturated carbocycles. The van der Waals surface area contributed by atoms with Crippen LogP contribution in [0.3, 0.4) is 0 Å². The summed E-state index contributed by atoms with van der Waals surface area (Å²) in [5.41, 5.74) is -10.5. The van der Waals surface area contributed by atoms with Crippen molar-refractivity contribution in [2.45, 2.75) is 58.0 Å². The van der Waals surface area contributed by atoms with Crippen LogP contribution in [0.1, 0.15) is 45.6 Å². The van der Waals surface area contributed by atoms with Gasteiger partial charge >= 0.3 is 17.1 Å². The van der Waals surface area contributed by atoms with Crippen molar-refractivity contribution in [3.8, 4) is 0 Å². The number of carbonyl (C=O) groups is 1. The molecule has 1 N–H and O–H groups in total. The number of nitrogens with one attached hydrogen (secondary N) is 1. The number of hydrogen-bond donors (Lipinski definition) is 1. The number of benzene rings is 1. The molecular weight excluding hydrogens is 610 g/mol. The van der Waals surface area contributed by atoms with Crippen molar-refractivity contribution in [3.05, 3.63) is 27.9 Å². The number of halogens is 6. The minimum atomic E-state index is -6.72. The first-order chi connectivity index (χ1) is 18.7. The summed E-state index contributed by atoms with van der Waals surface area (Å²) in [5.74, 6) is 0. The second-order valence-corrected chi connectivity index (χ2v) is 12.0. The van der Waals surface area contributed by atoms with Crippen LogP contribution in [0.4, 0.5) is 42.5 Å². The minimum Gasteiger partial charge on any atom is -0.443 e.